The van der Waals surface area contributed by atoms with E-state index in [4.69, 9.17) is 0 Å². The Bertz CT molecular complexity index is 342. The molecule has 0 saturated heterocycles. The van der Waals surface area contributed by atoms with Crippen LogP contribution in [0.3, 0.4) is 0 Å². The lowest BCUT2D eigenvalue weighted by atomic mass is 10.0. The van der Waals surface area contributed by atoms with Crippen LogP contribution in [0.2, 0.25) is 0 Å². The van der Waals surface area contributed by atoms with Gasteiger partial charge < -0.3 is 5.32 Å². The van der Waals surface area contributed by atoms with Gasteiger partial charge in [0.15, 0.2) is 0 Å². The first-order valence-corrected chi connectivity index (χ1v) is 5.91. The lowest BCUT2D eigenvalue weighted by molar-refractivity contribution is -0.125. The van der Waals surface area contributed by atoms with Crippen LogP contribution in [0, 0.1) is 12.8 Å². The van der Waals surface area contributed by atoms with Crippen molar-refractivity contribution in [2.24, 2.45) is 5.92 Å². The minimum atomic E-state index is 0.0853. The SMILES string of the molecule is CCC(C)C(=O)NC(C)c1ccc(C)cc1. The first-order valence-electron chi connectivity index (χ1n) is 5.91. The molecule has 0 aliphatic rings. The lowest BCUT2D eigenvalue weighted by Crippen LogP contribution is -2.31. The molecular weight excluding hydrogens is 198 g/mol. The number of carbonyl (C=O) groups is 1. The third-order valence-electron chi connectivity index (χ3n) is 3.00. The number of carbonyl (C=O) groups excluding carboxylic acids is 1. The van der Waals surface area contributed by atoms with Crippen LogP contribution in [0.5, 0.6) is 0 Å². The summed E-state index contributed by atoms with van der Waals surface area (Å²) in [6.45, 7) is 8.06. The first-order chi connectivity index (χ1) is 7.54. The molecule has 0 saturated carbocycles. The van der Waals surface area contributed by atoms with Crippen LogP contribution in [0.25, 0.3) is 0 Å². The molecule has 1 aromatic carbocycles. The predicted molar refractivity (Wildman–Crippen MR) is 67.2 cm³/mol. The highest BCUT2D eigenvalue weighted by molar-refractivity contribution is 5.78. The van der Waals surface area contributed by atoms with Crippen molar-refractivity contribution in [2.75, 3.05) is 0 Å². The van der Waals surface area contributed by atoms with Gasteiger partial charge in [-0.3, -0.25) is 4.79 Å². The van der Waals surface area contributed by atoms with Gasteiger partial charge >= 0.3 is 0 Å². The second-order valence-corrected chi connectivity index (χ2v) is 4.45. The zero-order valence-electron chi connectivity index (χ0n) is 10.6. The monoisotopic (exact) mass is 219 g/mol. The minimum Gasteiger partial charge on any atom is -0.349 e. The van der Waals surface area contributed by atoms with Gasteiger partial charge in [0.1, 0.15) is 0 Å². The van der Waals surface area contributed by atoms with E-state index in [2.05, 4.69) is 36.5 Å². The number of benzene rings is 1. The molecule has 2 nitrogen and oxygen atoms in total. The van der Waals surface area contributed by atoms with Crippen molar-refractivity contribution in [1.82, 2.24) is 5.32 Å². The fourth-order valence-electron chi connectivity index (χ4n) is 1.48. The normalized spacial score (nSPS) is 14.2. The third-order valence-corrected chi connectivity index (χ3v) is 3.00. The summed E-state index contributed by atoms with van der Waals surface area (Å²) in [5.74, 6) is 0.225. The van der Waals surface area contributed by atoms with Crippen LogP contribution >= 0.6 is 0 Å². The Morgan fingerprint density at radius 1 is 1.25 bits per heavy atom. The standard InChI is InChI=1S/C14H21NO/c1-5-11(3)14(16)15-12(4)13-8-6-10(2)7-9-13/h6-9,11-12H,5H2,1-4H3,(H,15,16). The van der Waals surface area contributed by atoms with Crippen LogP contribution in [-0.2, 0) is 4.79 Å². The summed E-state index contributed by atoms with van der Waals surface area (Å²) in [5.41, 5.74) is 2.39. The Labute approximate surface area is 98.1 Å². The van der Waals surface area contributed by atoms with Gasteiger partial charge in [-0.1, -0.05) is 43.7 Å². The van der Waals surface area contributed by atoms with Crippen LogP contribution in [-0.4, -0.2) is 5.91 Å². The number of aryl methyl sites for hydroxylation is 1. The molecule has 0 bridgehead atoms. The van der Waals surface area contributed by atoms with Gasteiger partial charge in [0.2, 0.25) is 5.91 Å². The molecule has 0 aliphatic carbocycles. The van der Waals surface area contributed by atoms with Crippen molar-refractivity contribution in [2.45, 2.75) is 40.2 Å². The average molecular weight is 219 g/mol. The predicted octanol–water partition coefficient (Wildman–Crippen LogP) is 3.22. The van der Waals surface area contributed by atoms with E-state index in [0.717, 1.165) is 12.0 Å². The maximum absolute atomic E-state index is 11.7. The smallest absolute Gasteiger partial charge is 0.223 e. The summed E-state index contributed by atoms with van der Waals surface area (Å²) >= 11 is 0. The van der Waals surface area contributed by atoms with E-state index in [1.165, 1.54) is 5.56 Å². The summed E-state index contributed by atoms with van der Waals surface area (Å²) in [6, 6.07) is 8.36. The molecule has 88 valence electrons. The lowest BCUT2D eigenvalue weighted by Gasteiger charge is -2.17. The van der Waals surface area contributed by atoms with Crippen molar-refractivity contribution >= 4 is 5.91 Å². The zero-order valence-corrected chi connectivity index (χ0v) is 10.6. The van der Waals surface area contributed by atoms with E-state index in [1.54, 1.807) is 0 Å². The summed E-state index contributed by atoms with van der Waals surface area (Å²) in [4.78, 5) is 11.7. The highest BCUT2D eigenvalue weighted by atomic mass is 16.1. The van der Waals surface area contributed by atoms with Gasteiger partial charge in [-0.05, 0) is 25.8 Å². The Hall–Kier alpha value is -1.31. The summed E-state index contributed by atoms with van der Waals surface area (Å²) in [6.07, 6.45) is 0.881. The fourth-order valence-corrected chi connectivity index (χ4v) is 1.48. The third kappa shape index (κ3) is 3.37. The summed E-state index contributed by atoms with van der Waals surface area (Å²) in [5, 5.41) is 3.03. The van der Waals surface area contributed by atoms with E-state index < -0.39 is 0 Å². The van der Waals surface area contributed by atoms with E-state index in [9.17, 15) is 4.79 Å². The second-order valence-electron chi connectivity index (χ2n) is 4.45. The number of hydrogen-bond donors (Lipinski definition) is 1. The number of rotatable bonds is 4. The van der Waals surface area contributed by atoms with Gasteiger partial charge in [-0.2, -0.15) is 0 Å². The summed E-state index contributed by atoms with van der Waals surface area (Å²) in [7, 11) is 0. The average Bonchev–Trinajstić information content (AvgIpc) is 2.28. The zero-order chi connectivity index (χ0) is 12.1. The molecule has 1 aromatic rings. The largest absolute Gasteiger partial charge is 0.349 e. The minimum absolute atomic E-state index is 0.0853. The number of hydrogen-bond acceptors (Lipinski definition) is 1. The number of nitrogens with one attached hydrogen (secondary N) is 1. The van der Waals surface area contributed by atoms with Crippen molar-refractivity contribution in [3.63, 3.8) is 0 Å². The molecule has 2 heteroatoms. The highest BCUT2D eigenvalue weighted by Gasteiger charge is 2.13. The first kappa shape index (κ1) is 12.8. The fraction of sp³-hybridized carbons (Fsp3) is 0.500. The summed E-state index contributed by atoms with van der Waals surface area (Å²) < 4.78 is 0. The molecule has 1 N–H and O–H groups in total. The van der Waals surface area contributed by atoms with Crippen molar-refractivity contribution in [3.05, 3.63) is 35.4 Å². The van der Waals surface area contributed by atoms with Gasteiger partial charge in [-0.15, -0.1) is 0 Å². The van der Waals surface area contributed by atoms with E-state index in [0.29, 0.717) is 0 Å². The van der Waals surface area contributed by atoms with E-state index in [1.807, 2.05) is 20.8 Å². The van der Waals surface area contributed by atoms with Crippen molar-refractivity contribution < 1.29 is 4.79 Å². The van der Waals surface area contributed by atoms with Crippen molar-refractivity contribution in [3.8, 4) is 0 Å². The molecule has 0 aliphatic heterocycles. The maximum atomic E-state index is 11.7. The van der Waals surface area contributed by atoms with Gasteiger partial charge in [0.05, 0.1) is 6.04 Å². The Balaban J connectivity index is 2.62. The number of amides is 1. The Kier molecular flexibility index (Phi) is 4.53. The molecule has 16 heavy (non-hydrogen) atoms. The van der Waals surface area contributed by atoms with Crippen LogP contribution < -0.4 is 5.32 Å². The van der Waals surface area contributed by atoms with Gasteiger partial charge in [0.25, 0.3) is 0 Å². The van der Waals surface area contributed by atoms with Crippen LogP contribution in [0.15, 0.2) is 24.3 Å². The molecule has 0 fully saturated rings. The molecular formula is C14H21NO. The Morgan fingerprint density at radius 2 is 1.81 bits per heavy atom. The van der Waals surface area contributed by atoms with Crippen LogP contribution in [0.1, 0.15) is 44.4 Å². The highest BCUT2D eigenvalue weighted by Crippen LogP contribution is 2.14. The van der Waals surface area contributed by atoms with E-state index >= 15 is 0 Å². The maximum Gasteiger partial charge on any atom is 0.223 e. The molecule has 0 aromatic heterocycles. The molecule has 0 radical (unpaired) electrons. The van der Waals surface area contributed by atoms with Gasteiger partial charge in [0, 0.05) is 5.92 Å². The van der Waals surface area contributed by atoms with Gasteiger partial charge in [-0.25, -0.2) is 0 Å². The van der Waals surface area contributed by atoms with E-state index in [-0.39, 0.29) is 17.9 Å². The second kappa shape index (κ2) is 5.69. The quantitative estimate of drug-likeness (QED) is 0.827. The molecule has 1 amide bonds. The molecule has 2 atom stereocenters. The van der Waals surface area contributed by atoms with Crippen LogP contribution in [0.4, 0.5) is 0 Å². The molecule has 0 spiro atoms. The Morgan fingerprint density at radius 3 is 2.31 bits per heavy atom. The molecule has 1 rings (SSSR count). The molecule has 2 unspecified atom stereocenters. The molecule has 0 heterocycles. The van der Waals surface area contributed by atoms with Crippen molar-refractivity contribution in [1.29, 1.82) is 0 Å². The topological polar surface area (TPSA) is 29.1 Å².